The number of carbonyl (C=O) groups is 2. The number of carbonyl (C=O) groups excluding carboxylic acids is 2. The topological polar surface area (TPSA) is 99.0 Å². The number of aromatic nitrogens is 4. The molecule has 3 aromatic rings. The quantitative estimate of drug-likeness (QED) is 0.728. The lowest BCUT2D eigenvalue weighted by Gasteiger charge is -2.33. The molecular weight excluding hydrogens is 378 g/mol. The van der Waals surface area contributed by atoms with Gasteiger partial charge in [0.05, 0.1) is 11.1 Å². The minimum Gasteiger partial charge on any atom is -0.368 e. The van der Waals surface area contributed by atoms with Crippen LogP contribution in [-0.4, -0.2) is 42.8 Å². The molecule has 2 amide bonds. The minimum atomic E-state index is -2.74. The highest BCUT2D eigenvalue weighted by Crippen LogP contribution is 2.36. The molecule has 11 heteroatoms. The van der Waals surface area contributed by atoms with Gasteiger partial charge in [0.2, 0.25) is 5.91 Å². The van der Waals surface area contributed by atoms with Crippen LogP contribution in [0.4, 0.5) is 8.78 Å². The van der Waals surface area contributed by atoms with E-state index < -0.39 is 24.3 Å². The van der Waals surface area contributed by atoms with Gasteiger partial charge in [-0.25, -0.2) is 8.78 Å². The van der Waals surface area contributed by atoms with Crippen molar-refractivity contribution < 1.29 is 18.4 Å². The Morgan fingerprint density at radius 2 is 2.07 bits per heavy atom. The third-order valence-corrected chi connectivity index (χ3v) is 5.97. The number of rotatable bonds is 3. The molecule has 8 nitrogen and oxygen atoms in total. The average Bonchev–Trinajstić information content (AvgIpc) is 3.29. The van der Waals surface area contributed by atoms with Gasteiger partial charge in [-0.05, 0) is 6.07 Å². The van der Waals surface area contributed by atoms with Crippen molar-refractivity contribution in [1.29, 1.82) is 0 Å². The lowest BCUT2D eigenvalue weighted by molar-refractivity contribution is -0.123. The van der Waals surface area contributed by atoms with Gasteiger partial charge in [0.25, 0.3) is 12.3 Å². The third-order valence-electron chi connectivity index (χ3n) is 4.78. The highest BCUT2D eigenvalue weighted by Gasteiger charge is 2.38. The Bertz CT molecular complexity index is 1070. The monoisotopic (exact) mass is 394 g/mol. The fraction of sp³-hybridized carbons (Fsp3) is 0.375. The number of nitrogens with two attached hydrogens (primary N) is 1. The third kappa shape index (κ3) is 2.60. The predicted molar refractivity (Wildman–Crippen MR) is 93.4 cm³/mol. The Hall–Kier alpha value is -2.82. The van der Waals surface area contributed by atoms with Gasteiger partial charge in [-0.3, -0.25) is 19.0 Å². The lowest BCUT2D eigenvalue weighted by Crippen LogP contribution is -2.45. The summed E-state index contributed by atoms with van der Waals surface area (Å²) in [5.41, 5.74) is 6.65. The van der Waals surface area contributed by atoms with Crippen LogP contribution in [-0.2, 0) is 25.3 Å². The van der Waals surface area contributed by atoms with E-state index in [1.165, 1.54) is 21.8 Å². The molecule has 0 aliphatic carbocycles. The number of alkyl halides is 2. The maximum Gasteiger partial charge on any atom is 0.282 e. The zero-order valence-corrected chi connectivity index (χ0v) is 15.3. The van der Waals surface area contributed by atoms with Crippen molar-refractivity contribution in [2.24, 2.45) is 19.8 Å². The zero-order chi connectivity index (χ0) is 19.5. The van der Waals surface area contributed by atoms with E-state index in [2.05, 4.69) is 10.2 Å². The molecule has 2 N–H and O–H groups in total. The van der Waals surface area contributed by atoms with Crippen molar-refractivity contribution in [3.8, 4) is 0 Å². The Labute approximate surface area is 156 Å². The molecule has 4 heterocycles. The molecule has 0 radical (unpaired) electrons. The molecule has 142 valence electrons. The first-order chi connectivity index (χ1) is 12.8. The summed E-state index contributed by atoms with van der Waals surface area (Å²) in [6.07, 6.45) is -0.679. The highest BCUT2D eigenvalue weighted by atomic mass is 32.1. The van der Waals surface area contributed by atoms with Crippen molar-refractivity contribution in [3.63, 3.8) is 0 Å². The van der Waals surface area contributed by atoms with E-state index in [0.717, 1.165) is 17.0 Å². The van der Waals surface area contributed by atoms with Gasteiger partial charge in [-0.2, -0.15) is 10.2 Å². The molecule has 1 aliphatic heterocycles. The van der Waals surface area contributed by atoms with E-state index in [0.29, 0.717) is 16.8 Å². The van der Waals surface area contributed by atoms with Crippen LogP contribution < -0.4 is 5.73 Å². The molecule has 0 saturated heterocycles. The number of nitrogens with zero attached hydrogens (tertiary/aromatic N) is 5. The van der Waals surface area contributed by atoms with E-state index in [9.17, 15) is 18.4 Å². The maximum absolute atomic E-state index is 13.2. The largest absolute Gasteiger partial charge is 0.368 e. The standard InChI is InChI=1S/C16H16F2N6O2S/c1-22-9-3-4-24(12(14(19)25)8(9)6-20-22)15(26)10-5-7-11(13(17)18)21-23(2)16(7)27-10/h5-6,12-13H,3-4H2,1-2H3,(H2,19,25). The van der Waals surface area contributed by atoms with Crippen LogP contribution >= 0.6 is 11.3 Å². The fourth-order valence-corrected chi connectivity index (χ4v) is 4.57. The van der Waals surface area contributed by atoms with Crippen LogP contribution in [0.2, 0.25) is 0 Å². The maximum atomic E-state index is 13.2. The molecule has 0 aromatic carbocycles. The number of hydrogen-bond acceptors (Lipinski definition) is 5. The molecule has 1 atom stereocenters. The van der Waals surface area contributed by atoms with Crippen LogP contribution in [0.25, 0.3) is 10.2 Å². The first kappa shape index (κ1) is 17.6. The molecule has 3 aromatic heterocycles. The second-order valence-electron chi connectivity index (χ2n) is 6.36. The van der Waals surface area contributed by atoms with Gasteiger partial charge in [0.1, 0.15) is 16.6 Å². The summed E-state index contributed by atoms with van der Waals surface area (Å²) >= 11 is 1.07. The van der Waals surface area contributed by atoms with E-state index in [1.54, 1.807) is 18.8 Å². The highest BCUT2D eigenvalue weighted by molar-refractivity contribution is 7.20. The normalized spacial score (nSPS) is 16.9. The molecule has 0 saturated carbocycles. The Balaban J connectivity index is 1.75. The van der Waals surface area contributed by atoms with Crippen LogP contribution in [0.15, 0.2) is 12.3 Å². The summed E-state index contributed by atoms with van der Waals surface area (Å²) in [6.45, 7) is 0.285. The predicted octanol–water partition coefficient (Wildman–Crippen LogP) is 1.53. The molecule has 1 unspecified atom stereocenters. The molecule has 4 rings (SSSR count). The van der Waals surface area contributed by atoms with Crippen molar-refractivity contribution in [2.75, 3.05) is 6.54 Å². The van der Waals surface area contributed by atoms with Gasteiger partial charge >= 0.3 is 0 Å². The number of thiophene rings is 1. The number of primary amides is 1. The van der Waals surface area contributed by atoms with Crippen LogP contribution in [0, 0.1) is 0 Å². The Morgan fingerprint density at radius 3 is 2.74 bits per heavy atom. The molecule has 27 heavy (non-hydrogen) atoms. The zero-order valence-electron chi connectivity index (χ0n) is 14.5. The summed E-state index contributed by atoms with van der Waals surface area (Å²) in [5, 5.41) is 8.20. The molecule has 1 aliphatic rings. The van der Waals surface area contributed by atoms with Crippen molar-refractivity contribution >= 4 is 33.4 Å². The van der Waals surface area contributed by atoms with Crippen molar-refractivity contribution in [2.45, 2.75) is 18.9 Å². The van der Waals surface area contributed by atoms with Gasteiger partial charge in [-0.1, -0.05) is 0 Å². The van der Waals surface area contributed by atoms with E-state index in [4.69, 9.17) is 5.73 Å². The summed E-state index contributed by atoms with van der Waals surface area (Å²) in [5.74, 6) is -1.08. The van der Waals surface area contributed by atoms with Gasteiger partial charge in [0, 0.05) is 43.7 Å². The first-order valence-electron chi connectivity index (χ1n) is 8.15. The van der Waals surface area contributed by atoms with Crippen LogP contribution in [0.5, 0.6) is 0 Å². The van der Waals surface area contributed by atoms with Gasteiger partial charge in [-0.15, -0.1) is 11.3 Å². The smallest absolute Gasteiger partial charge is 0.282 e. The van der Waals surface area contributed by atoms with Crippen LogP contribution in [0.3, 0.4) is 0 Å². The van der Waals surface area contributed by atoms with E-state index in [1.807, 2.05) is 0 Å². The number of fused-ring (bicyclic) bond motifs is 2. The molecule has 0 fully saturated rings. The Morgan fingerprint density at radius 1 is 1.33 bits per heavy atom. The molecular formula is C16H16F2N6O2S. The fourth-order valence-electron chi connectivity index (χ4n) is 3.54. The second-order valence-corrected chi connectivity index (χ2v) is 7.39. The summed E-state index contributed by atoms with van der Waals surface area (Å²) < 4.78 is 29.3. The number of halogens is 2. The van der Waals surface area contributed by atoms with Gasteiger partial charge < -0.3 is 10.6 Å². The average molecular weight is 394 g/mol. The Kier molecular flexibility index (Phi) is 3.98. The second kappa shape index (κ2) is 6.12. The summed E-state index contributed by atoms with van der Waals surface area (Å²) in [6, 6.07) is 0.473. The number of amides is 2. The van der Waals surface area contributed by atoms with Crippen molar-refractivity contribution in [1.82, 2.24) is 24.5 Å². The van der Waals surface area contributed by atoms with E-state index in [-0.39, 0.29) is 22.5 Å². The van der Waals surface area contributed by atoms with Gasteiger partial charge in [0.15, 0.2) is 0 Å². The summed E-state index contributed by atoms with van der Waals surface area (Å²) in [4.78, 5) is 27.3. The van der Waals surface area contributed by atoms with Crippen molar-refractivity contribution in [3.05, 3.63) is 34.1 Å². The number of aryl methyl sites for hydroxylation is 2. The first-order valence-corrected chi connectivity index (χ1v) is 8.97. The summed E-state index contributed by atoms with van der Waals surface area (Å²) in [7, 11) is 3.31. The molecule has 0 bridgehead atoms. The minimum absolute atomic E-state index is 0.246. The number of hydrogen-bond donors (Lipinski definition) is 1. The molecule has 0 spiro atoms. The van der Waals surface area contributed by atoms with E-state index >= 15 is 0 Å². The SMILES string of the molecule is Cn1ncc2c1CCN(C(=O)c1cc3c(C(F)F)nn(C)c3s1)C2C(N)=O. The van der Waals surface area contributed by atoms with Crippen LogP contribution in [0.1, 0.15) is 39.1 Å². The lowest BCUT2D eigenvalue weighted by atomic mass is 9.98.